The summed E-state index contributed by atoms with van der Waals surface area (Å²) in [7, 11) is 0. The Labute approximate surface area is 136 Å². The molecular formula is C17H25BrN2O. The van der Waals surface area contributed by atoms with Crippen LogP contribution in [0.2, 0.25) is 0 Å². The smallest absolute Gasteiger partial charge is 0.270 e. The number of rotatable bonds is 2. The lowest BCUT2D eigenvalue weighted by atomic mass is 9.83. The van der Waals surface area contributed by atoms with Gasteiger partial charge in [0.05, 0.1) is 0 Å². The van der Waals surface area contributed by atoms with Gasteiger partial charge in [-0.05, 0) is 47.7 Å². The monoisotopic (exact) mass is 352 g/mol. The highest BCUT2D eigenvalue weighted by Gasteiger charge is 2.26. The Kier molecular flexibility index (Phi) is 4.66. The molecule has 0 saturated carbocycles. The molecule has 1 aliphatic heterocycles. The number of amides is 1. The van der Waals surface area contributed by atoms with Crippen LogP contribution in [0.5, 0.6) is 0 Å². The highest BCUT2D eigenvalue weighted by molar-refractivity contribution is 9.10. The van der Waals surface area contributed by atoms with E-state index < -0.39 is 0 Å². The average molecular weight is 353 g/mol. The third-order valence-corrected chi connectivity index (χ3v) is 4.48. The van der Waals surface area contributed by atoms with E-state index in [0.29, 0.717) is 6.54 Å². The topological polar surface area (TPSA) is 25.2 Å². The molecule has 0 aliphatic carbocycles. The predicted octanol–water partition coefficient (Wildman–Crippen LogP) is 4.65. The molecule has 0 aromatic carbocycles. The first kappa shape index (κ1) is 16.3. The van der Waals surface area contributed by atoms with Crippen molar-refractivity contribution in [1.29, 1.82) is 0 Å². The first-order valence-electron chi connectivity index (χ1n) is 7.56. The van der Waals surface area contributed by atoms with E-state index in [4.69, 9.17) is 0 Å². The summed E-state index contributed by atoms with van der Waals surface area (Å²) in [5.74, 6) is 0.124. The van der Waals surface area contributed by atoms with Gasteiger partial charge in [-0.15, -0.1) is 0 Å². The van der Waals surface area contributed by atoms with Gasteiger partial charge in [-0.25, -0.2) is 0 Å². The van der Waals surface area contributed by atoms with Gasteiger partial charge >= 0.3 is 0 Å². The zero-order valence-corrected chi connectivity index (χ0v) is 15.2. The van der Waals surface area contributed by atoms with E-state index in [9.17, 15) is 4.79 Å². The standard InChI is InChI=1S/C17H25BrN2O/c1-12(2)20-11-14(18)10-15(20)16(21)19-8-6-13(7-9-19)17(3,4)5/h6,10-12H,7-9H2,1-5H3. The van der Waals surface area contributed by atoms with E-state index >= 15 is 0 Å². The minimum Gasteiger partial charge on any atom is -0.340 e. The number of halogens is 1. The summed E-state index contributed by atoms with van der Waals surface area (Å²) in [6.07, 6.45) is 5.18. The van der Waals surface area contributed by atoms with Gasteiger partial charge in [0.15, 0.2) is 0 Å². The van der Waals surface area contributed by atoms with Crippen LogP contribution in [0.1, 0.15) is 57.6 Å². The van der Waals surface area contributed by atoms with Crippen LogP contribution in [0.4, 0.5) is 0 Å². The van der Waals surface area contributed by atoms with Gasteiger partial charge in [0.25, 0.3) is 5.91 Å². The lowest BCUT2D eigenvalue weighted by molar-refractivity contribution is 0.0752. The van der Waals surface area contributed by atoms with Gasteiger partial charge in [-0.1, -0.05) is 32.4 Å². The highest BCUT2D eigenvalue weighted by Crippen LogP contribution is 2.30. The molecule has 116 valence electrons. The van der Waals surface area contributed by atoms with Crippen LogP contribution < -0.4 is 0 Å². The summed E-state index contributed by atoms with van der Waals surface area (Å²) in [5, 5.41) is 0. The Balaban J connectivity index is 2.18. The molecule has 4 heteroatoms. The fourth-order valence-electron chi connectivity index (χ4n) is 2.74. The van der Waals surface area contributed by atoms with Gasteiger partial charge < -0.3 is 9.47 Å². The van der Waals surface area contributed by atoms with Crippen molar-refractivity contribution in [3.8, 4) is 0 Å². The Morgan fingerprint density at radius 2 is 2.00 bits per heavy atom. The van der Waals surface area contributed by atoms with Gasteiger partial charge in [0.2, 0.25) is 0 Å². The normalized spacial score (nSPS) is 16.3. The van der Waals surface area contributed by atoms with Crippen molar-refractivity contribution in [3.63, 3.8) is 0 Å². The number of carbonyl (C=O) groups is 1. The van der Waals surface area contributed by atoms with E-state index in [0.717, 1.165) is 23.1 Å². The van der Waals surface area contributed by atoms with Gasteiger partial charge in [-0.3, -0.25) is 4.79 Å². The van der Waals surface area contributed by atoms with Gasteiger partial charge in [-0.2, -0.15) is 0 Å². The molecule has 1 aromatic rings. The minimum atomic E-state index is 0.124. The molecule has 21 heavy (non-hydrogen) atoms. The third kappa shape index (κ3) is 3.60. The summed E-state index contributed by atoms with van der Waals surface area (Å²) in [6.45, 7) is 12.4. The maximum absolute atomic E-state index is 12.7. The third-order valence-electron chi connectivity index (χ3n) is 4.05. The fraction of sp³-hybridized carbons (Fsp3) is 0.588. The molecule has 2 heterocycles. The number of carbonyl (C=O) groups excluding carboxylic acids is 1. The van der Waals surface area contributed by atoms with E-state index in [1.165, 1.54) is 5.57 Å². The molecule has 0 N–H and O–H groups in total. The Morgan fingerprint density at radius 3 is 2.48 bits per heavy atom. The quantitative estimate of drug-likeness (QED) is 0.711. The van der Waals surface area contributed by atoms with Gasteiger partial charge in [0.1, 0.15) is 5.69 Å². The van der Waals surface area contributed by atoms with Crippen LogP contribution in [0, 0.1) is 5.41 Å². The number of aromatic nitrogens is 1. The SMILES string of the molecule is CC(C)n1cc(Br)cc1C(=O)N1CC=C(C(C)(C)C)CC1. The maximum atomic E-state index is 12.7. The van der Waals surface area contributed by atoms with Gasteiger partial charge in [0, 0.05) is 29.8 Å². The molecular weight excluding hydrogens is 328 g/mol. The van der Waals surface area contributed by atoms with E-state index in [1.54, 1.807) is 0 Å². The largest absolute Gasteiger partial charge is 0.340 e. The van der Waals surface area contributed by atoms with Crippen molar-refractivity contribution in [3.05, 3.63) is 34.1 Å². The molecule has 1 aromatic heterocycles. The van der Waals surface area contributed by atoms with Crippen LogP contribution in [0.3, 0.4) is 0 Å². The molecule has 0 saturated heterocycles. The fourth-order valence-corrected chi connectivity index (χ4v) is 3.18. The van der Waals surface area contributed by atoms with Crippen LogP contribution >= 0.6 is 15.9 Å². The van der Waals surface area contributed by atoms with Crippen molar-refractivity contribution in [1.82, 2.24) is 9.47 Å². The lowest BCUT2D eigenvalue weighted by Gasteiger charge is -2.32. The van der Waals surface area contributed by atoms with Crippen molar-refractivity contribution < 1.29 is 4.79 Å². The van der Waals surface area contributed by atoms with Crippen molar-refractivity contribution in [2.24, 2.45) is 5.41 Å². The number of nitrogens with zero attached hydrogens (tertiary/aromatic N) is 2. The second-order valence-corrected chi connectivity index (χ2v) is 7.94. The molecule has 0 spiro atoms. The molecule has 0 radical (unpaired) electrons. The lowest BCUT2D eigenvalue weighted by Crippen LogP contribution is -2.37. The maximum Gasteiger partial charge on any atom is 0.270 e. The second-order valence-electron chi connectivity index (χ2n) is 7.03. The molecule has 1 amide bonds. The number of hydrogen-bond acceptors (Lipinski definition) is 1. The Morgan fingerprint density at radius 1 is 1.33 bits per heavy atom. The molecule has 0 fully saturated rings. The molecule has 2 rings (SSSR count). The molecule has 0 bridgehead atoms. The van der Waals surface area contributed by atoms with E-state index in [2.05, 4.69) is 56.6 Å². The predicted molar refractivity (Wildman–Crippen MR) is 90.6 cm³/mol. The van der Waals surface area contributed by atoms with Crippen molar-refractivity contribution in [2.45, 2.75) is 47.1 Å². The van der Waals surface area contributed by atoms with Crippen molar-refractivity contribution in [2.75, 3.05) is 13.1 Å². The van der Waals surface area contributed by atoms with Crippen LogP contribution in [-0.2, 0) is 0 Å². The second kappa shape index (κ2) is 5.99. The molecule has 3 nitrogen and oxygen atoms in total. The first-order valence-corrected chi connectivity index (χ1v) is 8.35. The van der Waals surface area contributed by atoms with Crippen LogP contribution in [0.25, 0.3) is 0 Å². The zero-order valence-electron chi connectivity index (χ0n) is 13.6. The Hall–Kier alpha value is -1.03. The first-order chi connectivity index (χ1) is 9.70. The highest BCUT2D eigenvalue weighted by atomic mass is 79.9. The Bertz CT molecular complexity index is 564. The minimum absolute atomic E-state index is 0.124. The van der Waals surface area contributed by atoms with Crippen LogP contribution in [-0.4, -0.2) is 28.5 Å². The molecule has 0 atom stereocenters. The van der Waals surface area contributed by atoms with Crippen LogP contribution in [0.15, 0.2) is 28.4 Å². The van der Waals surface area contributed by atoms with E-state index in [-0.39, 0.29) is 17.4 Å². The van der Waals surface area contributed by atoms with Crippen molar-refractivity contribution >= 4 is 21.8 Å². The summed E-state index contributed by atoms with van der Waals surface area (Å²) < 4.78 is 3.00. The summed E-state index contributed by atoms with van der Waals surface area (Å²) in [5.41, 5.74) is 2.42. The summed E-state index contributed by atoms with van der Waals surface area (Å²) >= 11 is 3.48. The summed E-state index contributed by atoms with van der Waals surface area (Å²) in [6, 6.07) is 2.20. The van der Waals surface area contributed by atoms with E-state index in [1.807, 2.05) is 21.7 Å². The zero-order chi connectivity index (χ0) is 15.8. The molecule has 0 unspecified atom stereocenters. The summed E-state index contributed by atoms with van der Waals surface area (Å²) in [4.78, 5) is 14.7. The number of hydrogen-bond donors (Lipinski definition) is 0. The molecule has 1 aliphatic rings. The average Bonchev–Trinajstić information content (AvgIpc) is 2.79.